The lowest BCUT2D eigenvalue weighted by Gasteiger charge is -2.35. The van der Waals surface area contributed by atoms with Crippen LogP contribution in [0.3, 0.4) is 0 Å². The average molecular weight is 265 g/mol. The third-order valence-corrected chi connectivity index (χ3v) is 3.25. The Morgan fingerprint density at radius 1 is 1.58 bits per heavy atom. The number of aliphatic carboxylic acids is 1. The number of nitrogens with one attached hydrogen (secondary N) is 1. The second kappa shape index (κ2) is 5.23. The minimum absolute atomic E-state index is 0.0140. The van der Waals surface area contributed by atoms with E-state index in [0.717, 1.165) is 0 Å². The molecule has 102 valence electrons. The van der Waals surface area contributed by atoms with Crippen molar-refractivity contribution in [2.75, 3.05) is 24.5 Å². The molecule has 1 aromatic rings. The predicted molar refractivity (Wildman–Crippen MR) is 69.5 cm³/mol. The topological polar surface area (TPSA) is 95.7 Å². The standard InChI is InChI=1S/C12H15N3O4/c1-8-2-3-9(6-10(8)15(18)19)14-5-4-13-7-11(14)12(16)17/h2-3,6,11,13H,4-5,7H2,1H3,(H,16,17). The Labute approximate surface area is 110 Å². The molecule has 1 saturated heterocycles. The van der Waals surface area contributed by atoms with Crippen LogP contribution in [0.5, 0.6) is 0 Å². The molecule has 1 heterocycles. The highest BCUT2D eigenvalue weighted by Crippen LogP contribution is 2.26. The minimum Gasteiger partial charge on any atom is -0.480 e. The molecule has 1 aliphatic heterocycles. The van der Waals surface area contributed by atoms with Crippen LogP contribution >= 0.6 is 0 Å². The molecule has 0 aliphatic carbocycles. The van der Waals surface area contributed by atoms with Crippen LogP contribution in [0.4, 0.5) is 11.4 Å². The molecule has 0 bridgehead atoms. The average Bonchev–Trinajstić information content (AvgIpc) is 2.39. The second-order valence-electron chi connectivity index (χ2n) is 4.48. The zero-order valence-corrected chi connectivity index (χ0v) is 10.5. The number of aryl methyl sites for hydroxylation is 1. The molecule has 2 rings (SSSR count). The number of piperazine rings is 1. The Morgan fingerprint density at radius 3 is 2.95 bits per heavy atom. The normalized spacial score (nSPS) is 19.2. The Kier molecular flexibility index (Phi) is 3.66. The molecule has 1 atom stereocenters. The highest BCUT2D eigenvalue weighted by Gasteiger charge is 2.29. The van der Waals surface area contributed by atoms with E-state index >= 15 is 0 Å². The number of carboxylic acids is 1. The van der Waals surface area contributed by atoms with Crippen molar-refractivity contribution in [3.8, 4) is 0 Å². The highest BCUT2D eigenvalue weighted by molar-refractivity contribution is 5.79. The van der Waals surface area contributed by atoms with Crippen molar-refractivity contribution in [3.63, 3.8) is 0 Å². The number of carbonyl (C=O) groups is 1. The van der Waals surface area contributed by atoms with Crippen LogP contribution in [-0.2, 0) is 4.79 Å². The summed E-state index contributed by atoms with van der Waals surface area (Å²) < 4.78 is 0. The van der Waals surface area contributed by atoms with Crippen LogP contribution in [0.25, 0.3) is 0 Å². The maximum Gasteiger partial charge on any atom is 0.327 e. The summed E-state index contributed by atoms with van der Waals surface area (Å²) in [6.07, 6.45) is 0. The molecule has 7 nitrogen and oxygen atoms in total. The van der Waals surface area contributed by atoms with Crippen molar-refractivity contribution >= 4 is 17.3 Å². The molecular weight excluding hydrogens is 250 g/mol. The van der Waals surface area contributed by atoms with Gasteiger partial charge >= 0.3 is 5.97 Å². The number of carboxylic acid groups (broad SMARTS) is 1. The fourth-order valence-corrected chi connectivity index (χ4v) is 2.21. The summed E-state index contributed by atoms with van der Waals surface area (Å²) in [6.45, 7) is 3.16. The number of anilines is 1. The number of nitrogens with zero attached hydrogens (tertiary/aromatic N) is 2. The van der Waals surface area contributed by atoms with Crippen molar-refractivity contribution in [2.24, 2.45) is 0 Å². The Balaban J connectivity index is 2.36. The van der Waals surface area contributed by atoms with E-state index in [-0.39, 0.29) is 5.69 Å². The third kappa shape index (κ3) is 2.65. The molecule has 19 heavy (non-hydrogen) atoms. The highest BCUT2D eigenvalue weighted by atomic mass is 16.6. The van der Waals surface area contributed by atoms with Crippen molar-refractivity contribution < 1.29 is 14.8 Å². The monoisotopic (exact) mass is 265 g/mol. The first-order chi connectivity index (χ1) is 9.00. The third-order valence-electron chi connectivity index (χ3n) is 3.25. The number of nitro benzene ring substituents is 1. The summed E-state index contributed by atoms with van der Waals surface area (Å²) in [5, 5.41) is 23.1. The summed E-state index contributed by atoms with van der Waals surface area (Å²) in [4.78, 5) is 23.4. The number of hydrogen-bond acceptors (Lipinski definition) is 5. The van der Waals surface area contributed by atoms with E-state index < -0.39 is 16.9 Å². The van der Waals surface area contributed by atoms with Gasteiger partial charge in [-0.1, -0.05) is 6.07 Å². The van der Waals surface area contributed by atoms with Crippen LogP contribution in [0.15, 0.2) is 18.2 Å². The van der Waals surface area contributed by atoms with Gasteiger partial charge in [0.2, 0.25) is 0 Å². The van der Waals surface area contributed by atoms with Gasteiger partial charge in [-0.3, -0.25) is 10.1 Å². The molecule has 0 radical (unpaired) electrons. The molecular formula is C12H15N3O4. The molecule has 1 fully saturated rings. The first-order valence-electron chi connectivity index (χ1n) is 5.96. The molecule has 1 unspecified atom stereocenters. The van der Waals surface area contributed by atoms with Crippen LogP contribution in [0.2, 0.25) is 0 Å². The van der Waals surface area contributed by atoms with Gasteiger partial charge in [-0.25, -0.2) is 4.79 Å². The van der Waals surface area contributed by atoms with Gasteiger partial charge in [-0.2, -0.15) is 0 Å². The quantitative estimate of drug-likeness (QED) is 0.619. The molecule has 2 N–H and O–H groups in total. The van der Waals surface area contributed by atoms with E-state index in [1.165, 1.54) is 6.07 Å². The largest absolute Gasteiger partial charge is 0.480 e. The zero-order valence-electron chi connectivity index (χ0n) is 10.5. The Morgan fingerprint density at radius 2 is 2.32 bits per heavy atom. The molecule has 0 spiro atoms. The first-order valence-corrected chi connectivity index (χ1v) is 5.96. The van der Waals surface area contributed by atoms with Crippen molar-refractivity contribution in [1.29, 1.82) is 0 Å². The van der Waals surface area contributed by atoms with Gasteiger partial charge in [0.15, 0.2) is 0 Å². The lowest BCUT2D eigenvalue weighted by atomic mass is 10.1. The van der Waals surface area contributed by atoms with E-state index in [1.54, 1.807) is 24.0 Å². The van der Waals surface area contributed by atoms with Crippen LogP contribution < -0.4 is 10.2 Å². The molecule has 0 saturated carbocycles. The van der Waals surface area contributed by atoms with Crippen molar-refractivity contribution in [1.82, 2.24) is 5.32 Å². The molecule has 1 aromatic carbocycles. The molecule has 7 heteroatoms. The zero-order chi connectivity index (χ0) is 14.0. The fraction of sp³-hybridized carbons (Fsp3) is 0.417. The van der Waals surface area contributed by atoms with Crippen LogP contribution in [0, 0.1) is 17.0 Å². The van der Waals surface area contributed by atoms with Gasteiger partial charge in [0, 0.05) is 37.0 Å². The van der Waals surface area contributed by atoms with Gasteiger partial charge in [0.25, 0.3) is 5.69 Å². The number of nitro groups is 1. The van der Waals surface area contributed by atoms with Crippen LogP contribution in [0.1, 0.15) is 5.56 Å². The summed E-state index contributed by atoms with van der Waals surface area (Å²) in [5.74, 6) is -0.935. The predicted octanol–water partition coefficient (Wildman–Crippen LogP) is 0.766. The first kappa shape index (κ1) is 13.3. The van der Waals surface area contributed by atoms with Crippen molar-refractivity contribution in [2.45, 2.75) is 13.0 Å². The maximum atomic E-state index is 11.2. The summed E-state index contributed by atoms with van der Waals surface area (Å²) >= 11 is 0. The molecule has 0 aromatic heterocycles. The van der Waals surface area contributed by atoms with Gasteiger partial charge < -0.3 is 15.3 Å². The summed E-state index contributed by atoms with van der Waals surface area (Å²) in [5.41, 5.74) is 1.15. The van der Waals surface area contributed by atoms with Gasteiger partial charge in [0.05, 0.1) is 4.92 Å². The molecule has 0 amide bonds. The fourth-order valence-electron chi connectivity index (χ4n) is 2.21. The number of benzene rings is 1. The number of rotatable bonds is 3. The van der Waals surface area contributed by atoms with Gasteiger partial charge in [-0.15, -0.1) is 0 Å². The van der Waals surface area contributed by atoms with Crippen molar-refractivity contribution in [3.05, 3.63) is 33.9 Å². The molecule has 1 aliphatic rings. The lowest BCUT2D eigenvalue weighted by Crippen LogP contribution is -2.55. The van der Waals surface area contributed by atoms with E-state index in [0.29, 0.717) is 30.9 Å². The number of hydrogen-bond donors (Lipinski definition) is 2. The van der Waals surface area contributed by atoms with E-state index in [4.69, 9.17) is 0 Å². The lowest BCUT2D eigenvalue weighted by molar-refractivity contribution is -0.385. The maximum absolute atomic E-state index is 11.2. The van der Waals surface area contributed by atoms with E-state index in [1.807, 2.05) is 0 Å². The Hall–Kier alpha value is -2.15. The van der Waals surface area contributed by atoms with Crippen LogP contribution in [-0.4, -0.2) is 41.7 Å². The van der Waals surface area contributed by atoms with E-state index in [9.17, 15) is 20.0 Å². The van der Waals surface area contributed by atoms with E-state index in [2.05, 4.69) is 5.32 Å². The second-order valence-corrected chi connectivity index (χ2v) is 4.48. The smallest absolute Gasteiger partial charge is 0.327 e. The van der Waals surface area contributed by atoms with Gasteiger partial charge in [-0.05, 0) is 13.0 Å². The SMILES string of the molecule is Cc1ccc(N2CCNCC2C(=O)O)cc1[N+](=O)[O-]. The Bertz CT molecular complexity index is 518. The van der Waals surface area contributed by atoms with Gasteiger partial charge in [0.1, 0.15) is 6.04 Å². The minimum atomic E-state index is -0.935. The summed E-state index contributed by atoms with van der Waals surface area (Å²) in [7, 11) is 0. The summed E-state index contributed by atoms with van der Waals surface area (Å²) in [6, 6.07) is 4.12.